The highest BCUT2D eigenvalue weighted by molar-refractivity contribution is 9.10. The maximum Gasteiger partial charge on any atom is 0.168 e. The summed E-state index contributed by atoms with van der Waals surface area (Å²) in [6.45, 7) is 1.94. The third kappa shape index (κ3) is 3.05. The first-order valence-corrected chi connectivity index (χ1v) is 6.39. The molecular formula is C15H12BrFO. The van der Waals surface area contributed by atoms with Gasteiger partial charge >= 0.3 is 0 Å². The third-order valence-corrected chi connectivity index (χ3v) is 3.37. The topological polar surface area (TPSA) is 17.1 Å². The summed E-state index contributed by atoms with van der Waals surface area (Å²) in [6.07, 6.45) is 0.208. The van der Waals surface area contributed by atoms with Crippen molar-refractivity contribution in [3.63, 3.8) is 0 Å². The summed E-state index contributed by atoms with van der Waals surface area (Å²) in [5.41, 5.74) is 2.36. The summed E-state index contributed by atoms with van der Waals surface area (Å²) in [5, 5.41) is 0. The number of hydrogen-bond donors (Lipinski definition) is 0. The SMILES string of the molecule is Cc1ccc(Br)c(C(=O)Cc2cccc(F)c2)c1. The fourth-order valence-corrected chi connectivity index (χ4v) is 2.25. The van der Waals surface area contributed by atoms with Crippen LogP contribution in [0.4, 0.5) is 4.39 Å². The standard InChI is InChI=1S/C15H12BrFO/c1-10-5-6-14(16)13(7-10)15(18)9-11-3-2-4-12(17)8-11/h2-8H,9H2,1H3. The van der Waals surface area contributed by atoms with Gasteiger partial charge in [-0.25, -0.2) is 4.39 Å². The van der Waals surface area contributed by atoms with Crippen LogP contribution in [0.15, 0.2) is 46.9 Å². The molecule has 0 heterocycles. The van der Waals surface area contributed by atoms with Gasteiger partial charge in [0.15, 0.2) is 5.78 Å². The van der Waals surface area contributed by atoms with Crippen LogP contribution in [-0.2, 0) is 6.42 Å². The Hall–Kier alpha value is -1.48. The van der Waals surface area contributed by atoms with Gasteiger partial charge in [-0.2, -0.15) is 0 Å². The van der Waals surface area contributed by atoms with Crippen LogP contribution in [-0.4, -0.2) is 5.78 Å². The molecule has 0 aliphatic carbocycles. The lowest BCUT2D eigenvalue weighted by Gasteiger charge is -2.05. The van der Waals surface area contributed by atoms with Crippen molar-refractivity contribution >= 4 is 21.7 Å². The lowest BCUT2D eigenvalue weighted by molar-refractivity contribution is 0.0992. The molecule has 2 rings (SSSR count). The third-order valence-electron chi connectivity index (χ3n) is 2.68. The zero-order valence-electron chi connectivity index (χ0n) is 9.91. The van der Waals surface area contributed by atoms with Gasteiger partial charge in [0.1, 0.15) is 5.82 Å². The van der Waals surface area contributed by atoms with Gasteiger partial charge in [-0.15, -0.1) is 0 Å². The molecule has 0 amide bonds. The maximum atomic E-state index is 13.0. The first-order valence-electron chi connectivity index (χ1n) is 5.60. The quantitative estimate of drug-likeness (QED) is 0.772. The van der Waals surface area contributed by atoms with Crippen molar-refractivity contribution in [1.29, 1.82) is 0 Å². The predicted octanol–water partition coefficient (Wildman–Crippen LogP) is 4.32. The van der Waals surface area contributed by atoms with Crippen molar-refractivity contribution in [2.24, 2.45) is 0 Å². The molecule has 0 N–H and O–H groups in total. The van der Waals surface area contributed by atoms with E-state index in [4.69, 9.17) is 0 Å². The Kier molecular flexibility index (Phi) is 3.92. The number of rotatable bonds is 3. The fourth-order valence-electron chi connectivity index (χ4n) is 1.78. The fraction of sp³-hybridized carbons (Fsp3) is 0.133. The molecule has 0 aliphatic heterocycles. The molecule has 0 atom stereocenters. The Labute approximate surface area is 114 Å². The molecule has 0 aliphatic rings. The van der Waals surface area contributed by atoms with Crippen molar-refractivity contribution in [3.8, 4) is 0 Å². The van der Waals surface area contributed by atoms with E-state index >= 15 is 0 Å². The van der Waals surface area contributed by atoms with E-state index in [1.54, 1.807) is 12.1 Å². The largest absolute Gasteiger partial charge is 0.294 e. The van der Waals surface area contributed by atoms with E-state index in [2.05, 4.69) is 15.9 Å². The number of hydrogen-bond acceptors (Lipinski definition) is 1. The predicted molar refractivity (Wildman–Crippen MR) is 73.3 cm³/mol. The molecule has 0 radical (unpaired) electrons. The van der Waals surface area contributed by atoms with Crippen LogP contribution in [0.1, 0.15) is 21.5 Å². The second-order valence-electron chi connectivity index (χ2n) is 4.21. The number of ketones is 1. The zero-order valence-corrected chi connectivity index (χ0v) is 11.5. The van der Waals surface area contributed by atoms with Crippen molar-refractivity contribution < 1.29 is 9.18 Å². The maximum absolute atomic E-state index is 13.0. The van der Waals surface area contributed by atoms with Crippen LogP contribution in [0, 0.1) is 12.7 Å². The Morgan fingerprint density at radius 3 is 2.72 bits per heavy atom. The smallest absolute Gasteiger partial charge is 0.168 e. The molecule has 3 heteroatoms. The zero-order chi connectivity index (χ0) is 13.1. The highest BCUT2D eigenvalue weighted by atomic mass is 79.9. The van der Waals surface area contributed by atoms with Crippen LogP contribution in [0.5, 0.6) is 0 Å². The molecule has 0 bridgehead atoms. The number of carbonyl (C=O) groups excluding carboxylic acids is 1. The van der Waals surface area contributed by atoms with Gasteiger partial charge < -0.3 is 0 Å². The minimum atomic E-state index is -0.316. The van der Waals surface area contributed by atoms with Crippen molar-refractivity contribution in [2.45, 2.75) is 13.3 Å². The number of Topliss-reactive ketones (excluding diaryl/α,β-unsaturated/α-hetero) is 1. The summed E-state index contributed by atoms with van der Waals surface area (Å²) >= 11 is 3.36. The second-order valence-corrected chi connectivity index (χ2v) is 5.07. The Bertz CT molecular complexity index is 593. The van der Waals surface area contributed by atoms with E-state index in [1.807, 2.05) is 25.1 Å². The first-order chi connectivity index (χ1) is 8.56. The van der Waals surface area contributed by atoms with E-state index in [0.29, 0.717) is 11.1 Å². The van der Waals surface area contributed by atoms with Crippen LogP contribution in [0.25, 0.3) is 0 Å². The van der Waals surface area contributed by atoms with Crippen LogP contribution in [0.2, 0.25) is 0 Å². The second kappa shape index (κ2) is 5.44. The Balaban J connectivity index is 2.24. The summed E-state index contributed by atoms with van der Waals surface area (Å²) in [6, 6.07) is 11.8. The van der Waals surface area contributed by atoms with E-state index in [1.165, 1.54) is 12.1 Å². The van der Waals surface area contributed by atoms with Gasteiger partial charge in [0, 0.05) is 16.5 Å². The number of halogens is 2. The van der Waals surface area contributed by atoms with Crippen LogP contribution in [0.3, 0.4) is 0 Å². The van der Waals surface area contributed by atoms with Crippen molar-refractivity contribution in [1.82, 2.24) is 0 Å². The van der Waals surface area contributed by atoms with E-state index in [9.17, 15) is 9.18 Å². The molecule has 18 heavy (non-hydrogen) atoms. The number of benzene rings is 2. The average molecular weight is 307 g/mol. The minimum absolute atomic E-state index is 0.0174. The molecular weight excluding hydrogens is 295 g/mol. The molecule has 0 saturated carbocycles. The molecule has 1 nitrogen and oxygen atoms in total. The summed E-state index contributed by atoms with van der Waals surface area (Å²) < 4.78 is 13.8. The van der Waals surface area contributed by atoms with Crippen molar-refractivity contribution in [3.05, 3.63) is 69.4 Å². The molecule has 92 valence electrons. The highest BCUT2D eigenvalue weighted by Gasteiger charge is 2.11. The lowest BCUT2D eigenvalue weighted by atomic mass is 10.0. The summed E-state index contributed by atoms with van der Waals surface area (Å²) in [7, 11) is 0. The Morgan fingerprint density at radius 1 is 1.22 bits per heavy atom. The van der Waals surface area contributed by atoms with Gasteiger partial charge in [0.25, 0.3) is 0 Å². The molecule has 0 fully saturated rings. The summed E-state index contributed by atoms with van der Waals surface area (Å²) in [5.74, 6) is -0.334. The highest BCUT2D eigenvalue weighted by Crippen LogP contribution is 2.20. The van der Waals surface area contributed by atoms with Crippen LogP contribution < -0.4 is 0 Å². The average Bonchev–Trinajstić information content (AvgIpc) is 2.32. The molecule has 0 saturated heterocycles. The van der Waals surface area contributed by atoms with Gasteiger partial charge in [-0.05, 0) is 36.8 Å². The first kappa shape index (κ1) is 13.0. The normalized spacial score (nSPS) is 10.4. The van der Waals surface area contributed by atoms with Gasteiger partial charge in [0.2, 0.25) is 0 Å². The summed E-state index contributed by atoms with van der Waals surface area (Å²) in [4.78, 5) is 12.1. The number of aryl methyl sites for hydroxylation is 1. The monoisotopic (exact) mass is 306 g/mol. The van der Waals surface area contributed by atoms with E-state index in [0.717, 1.165) is 10.0 Å². The molecule has 2 aromatic rings. The van der Waals surface area contributed by atoms with Crippen molar-refractivity contribution in [2.75, 3.05) is 0 Å². The van der Waals surface area contributed by atoms with Crippen LogP contribution >= 0.6 is 15.9 Å². The van der Waals surface area contributed by atoms with E-state index < -0.39 is 0 Å². The molecule has 0 spiro atoms. The molecule has 0 unspecified atom stereocenters. The molecule has 0 aromatic heterocycles. The van der Waals surface area contributed by atoms with Gasteiger partial charge in [0.05, 0.1) is 0 Å². The van der Waals surface area contributed by atoms with Gasteiger partial charge in [-0.3, -0.25) is 4.79 Å². The Morgan fingerprint density at radius 2 is 2.00 bits per heavy atom. The van der Waals surface area contributed by atoms with Gasteiger partial charge in [-0.1, -0.05) is 39.7 Å². The van der Waals surface area contributed by atoms with E-state index in [-0.39, 0.29) is 18.0 Å². The minimum Gasteiger partial charge on any atom is -0.294 e. The number of carbonyl (C=O) groups is 1. The lowest BCUT2D eigenvalue weighted by Crippen LogP contribution is -2.05. The molecule has 2 aromatic carbocycles.